The molecule has 1 saturated carbocycles. The fourth-order valence-electron chi connectivity index (χ4n) is 4.85. The van der Waals surface area contributed by atoms with Gasteiger partial charge in [0, 0.05) is 31.4 Å². The molecule has 2 unspecified atom stereocenters. The van der Waals surface area contributed by atoms with E-state index in [4.69, 9.17) is 14.2 Å². The molecule has 5 heteroatoms. The Morgan fingerprint density at radius 3 is 2.64 bits per heavy atom. The van der Waals surface area contributed by atoms with E-state index in [9.17, 15) is 5.11 Å². The highest BCUT2D eigenvalue weighted by molar-refractivity contribution is 5.02. The summed E-state index contributed by atoms with van der Waals surface area (Å²) in [6.07, 6.45) is 8.70. The van der Waals surface area contributed by atoms with Gasteiger partial charge in [-0.15, -0.1) is 0 Å². The number of ether oxygens (including phenoxy) is 3. The molecular weight excluding hydrogens is 282 g/mol. The van der Waals surface area contributed by atoms with Gasteiger partial charge in [0.2, 0.25) is 0 Å². The Labute approximate surface area is 132 Å². The number of aliphatic hydroxyl groups is 1. The van der Waals surface area contributed by atoms with Gasteiger partial charge < -0.3 is 19.3 Å². The van der Waals surface area contributed by atoms with Crippen LogP contribution in [0, 0.1) is 5.92 Å². The van der Waals surface area contributed by atoms with E-state index in [1.165, 1.54) is 25.7 Å². The van der Waals surface area contributed by atoms with Gasteiger partial charge in [0.15, 0.2) is 12.6 Å². The number of fused-ring (bicyclic) bond motifs is 1. The topological polar surface area (TPSA) is 51.2 Å². The number of nitrogens with zero attached hydrogens (tertiary/aromatic N) is 1. The van der Waals surface area contributed by atoms with Crippen LogP contribution in [0.15, 0.2) is 0 Å². The number of piperidine rings is 1. The SMILES string of the molecule is OC1C[C@H]2[C@H](N3CCCCC3)[C@@H](OC3CCCCO3)C[C@H]2O1. The highest BCUT2D eigenvalue weighted by Gasteiger charge is 2.52. The molecule has 0 spiro atoms. The maximum Gasteiger partial charge on any atom is 0.158 e. The Kier molecular flexibility index (Phi) is 4.69. The number of hydrogen-bond donors (Lipinski definition) is 1. The molecule has 1 N–H and O–H groups in total. The molecule has 3 aliphatic heterocycles. The number of likely N-dealkylation sites (tertiary alicyclic amines) is 1. The van der Waals surface area contributed by atoms with Crippen molar-refractivity contribution in [2.24, 2.45) is 5.92 Å². The summed E-state index contributed by atoms with van der Waals surface area (Å²) in [5, 5.41) is 9.85. The average molecular weight is 311 g/mol. The highest BCUT2D eigenvalue weighted by atomic mass is 16.7. The van der Waals surface area contributed by atoms with E-state index in [1.807, 2.05) is 0 Å². The van der Waals surface area contributed by atoms with Crippen LogP contribution in [0.2, 0.25) is 0 Å². The van der Waals surface area contributed by atoms with Gasteiger partial charge in [0.05, 0.1) is 12.2 Å². The summed E-state index contributed by atoms with van der Waals surface area (Å²) in [7, 11) is 0. The third kappa shape index (κ3) is 3.06. The predicted molar refractivity (Wildman–Crippen MR) is 81.3 cm³/mol. The van der Waals surface area contributed by atoms with E-state index in [0.717, 1.165) is 45.4 Å². The van der Waals surface area contributed by atoms with Gasteiger partial charge >= 0.3 is 0 Å². The minimum Gasteiger partial charge on any atom is -0.368 e. The minimum atomic E-state index is -0.575. The summed E-state index contributed by atoms with van der Waals surface area (Å²) >= 11 is 0. The second-order valence-electron chi connectivity index (χ2n) is 7.32. The molecule has 5 nitrogen and oxygen atoms in total. The predicted octanol–water partition coefficient (Wildman–Crippen LogP) is 1.88. The molecule has 0 radical (unpaired) electrons. The van der Waals surface area contributed by atoms with Crippen molar-refractivity contribution in [3.63, 3.8) is 0 Å². The molecule has 0 amide bonds. The van der Waals surface area contributed by atoms with Gasteiger partial charge in [0.1, 0.15) is 0 Å². The first-order valence-corrected chi connectivity index (χ1v) is 9.16. The van der Waals surface area contributed by atoms with Gasteiger partial charge in [-0.05, 0) is 45.2 Å². The lowest BCUT2D eigenvalue weighted by molar-refractivity contribution is -0.201. The summed E-state index contributed by atoms with van der Waals surface area (Å²) in [4.78, 5) is 2.60. The Morgan fingerprint density at radius 1 is 1.00 bits per heavy atom. The first-order valence-electron chi connectivity index (χ1n) is 9.16. The smallest absolute Gasteiger partial charge is 0.158 e. The van der Waals surface area contributed by atoms with Crippen LogP contribution >= 0.6 is 0 Å². The van der Waals surface area contributed by atoms with Crippen LogP contribution in [-0.4, -0.2) is 60.5 Å². The van der Waals surface area contributed by atoms with E-state index in [2.05, 4.69) is 4.90 Å². The van der Waals surface area contributed by atoms with Crippen molar-refractivity contribution in [3.05, 3.63) is 0 Å². The molecule has 0 aromatic rings. The molecular formula is C17H29NO4. The fourth-order valence-corrected chi connectivity index (χ4v) is 4.85. The third-order valence-corrected chi connectivity index (χ3v) is 5.84. The van der Waals surface area contributed by atoms with E-state index >= 15 is 0 Å². The van der Waals surface area contributed by atoms with E-state index < -0.39 is 6.29 Å². The number of aliphatic hydroxyl groups excluding tert-OH is 1. The lowest BCUT2D eigenvalue weighted by Gasteiger charge is -2.39. The molecule has 6 atom stereocenters. The molecule has 4 aliphatic rings. The number of rotatable bonds is 3. The van der Waals surface area contributed by atoms with Crippen molar-refractivity contribution in [2.75, 3.05) is 19.7 Å². The van der Waals surface area contributed by atoms with E-state index in [1.54, 1.807) is 0 Å². The molecule has 3 saturated heterocycles. The molecule has 1 aliphatic carbocycles. The quantitative estimate of drug-likeness (QED) is 0.862. The Morgan fingerprint density at radius 2 is 1.86 bits per heavy atom. The van der Waals surface area contributed by atoms with E-state index in [-0.39, 0.29) is 18.5 Å². The van der Waals surface area contributed by atoms with Gasteiger partial charge in [-0.3, -0.25) is 4.90 Å². The van der Waals surface area contributed by atoms with Gasteiger partial charge in [-0.1, -0.05) is 6.42 Å². The summed E-state index contributed by atoms with van der Waals surface area (Å²) in [5.41, 5.74) is 0. The van der Waals surface area contributed by atoms with Crippen LogP contribution in [-0.2, 0) is 14.2 Å². The Hall–Kier alpha value is -0.200. The van der Waals surface area contributed by atoms with Crippen LogP contribution in [0.4, 0.5) is 0 Å². The van der Waals surface area contributed by atoms with Crippen molar-refractivity contribution in [3.8, 4) is 0 Å². The first kappa shape index (κ1) is 15.3. The highest BCUT2D eigenvalue weighted by Crippen LogP contribution is 2.43. The van der Waals surface area contributed by atoms with Crippen molar-refractivity contribution in [2.45, 2.75) is 82.2 Å². The zero-order valence-electron chi connectivity index (χ0n) is 13.4. The molecule has 0 aromatic carbocycles. The van der Waals surface area contributed by atoms with Crippen molar-refractivity contribution in [1.82, 2.24) is 4.90 Å². The summed E-state index contributed by atoms with van der Waals surface area (Å²) in [6, 6.07) is 0.396. The normalized spacial score (nSPS) is 46.8. The summed E-state index contributed by atoms with van der Waals surface area (Å²) in [6.45, 7) is 3.15. The van der Waals surface area contributed by atoms with Crippen LogP contribution in [0.1, 0.15) is 51.4 Å². The van der Waals surface area contributed by atoms with Crippen molar-refractivity contribution >= 4 is 0 Å². The Bertz CT molecular complexity index is 368. The lowest BCUT2D eigenvalue weighted by Crippen LogP contribution is -2.49. The maximum absolute atomic E-state index is 9.85. The third-order valence-electron chi connectivity index (χ3n) is 5.84. The largest absolute Gasteiger partial charge is 0.368 e. The second-order valence-corrected chi connectivity index (χ2v) is 7.32. The Balaban J connectivity index is 1.46. The maximum atomic E-state index is 9.85. The van der Waals surface area contributed by atoms with Crippen molar-refractivity contribution < 1.29 is 19.3 Å². The zero-order valence-corrected chi connectivity index (χ0v) is 13.4. The molecule has 4 rings (SSSR count). The molecule has 126 valence electrons. The fraction of sp³-hybridized carbons (Fsp3) is 1.00. The number of hydrogen-bond acceptors (Lipinski definition) is 5. The van der Waals surface area contributed by atoms with Gasteiger partial charge in [-0.25, -0.2) is 0 Å². The summed E-state index contributed by atoms with van der Waals surface area (Å²) < 4.78 is 17.9. The van der Waals surface area contributed by atoms with Crippen molar-refractivity contribution in [1.29, 1.82) is 0 Å². The standard InChI is InChI=1S/C17H29NO4/c19-15-10-12-13(21-15)11-14(22-16-6-2-5-9-20-16)17(12)18-7-3-1-4-8-18/h12-17,19H,1-11H2/t12-,13-,14+,15?,16?,17+/m1/s1. The zero-order chi connectivity index (χ0) is 14.9. The molecule has 4 fully saturated rings. The molecule has 0 aromatic heterocycles. The first-order chi connectivity index (χ1) is 10.8. The lowest BCUT2D eigenvalue weighted by atomic mass is 9.95. The average Bonchev–Trinajstić information content (AvgIpc) is 3.04. The van der Waals surface area contributed by atoms with Crippen LogP contribution in [0.5, 0.6) is 0 Å². The molecule has 0 bridgehead atoms. The van der Waals surface area contributed by atoms with Crippen LogP contribution in [0.25, 0.3) is 0 Å². The van der Waals surface area contributed by atoms with Crippen LogP contribution in [0.3, 0.4) is 0 Å². The van der Waals surface area contributed by atoms with Gasteiger partial charge in [-0.2, -0.15) is 0 Å². The monoisotopic (exact) mass is 311 g/mol. The molecule has 22 heavy (non-hydrogen) atoms. The van der Waals surface area contributed by atoms with Crippen LogP contribution < -0.4 is 0 Å². The second kappa shape index (κ2) is 6.73. The minimum absolute atomic E-state index is 0.0326. The molecule has 3 heterocycles. The van der Waals surface area contributed by atoms with E-state index in [0.29, 0.717) is 12.0 Å². The van der Waals surface area contributed by atoms with Gasteiger partial charge in [0.25, 0.3) is 0 Å². The summed E-state index contributed by atoms with van der Waals surface area (Å²) in [5.74, 6) is 0.418.